The fourth-order valence-corrected chi connectivity index (χ4v) is 4.89. The van der Waals surface area contributed by atoms with Crippen molar-refractivity contribution in [3.05, 3.63) is 71.4 Å². The van der Waals surface area contributed by atoms with Crippen LogP contribution in [-0.2, 0) is 22.6 Å². The van der Waals surface area contributed by atoms with E-state index in [-0.39, 0.29) is 11.9 Å². The molecule has 0 aliphatic heterocycles. The fourth-order valence-electron chi connectivity index (χ4n) is 4.89. The molecule has 1 aromatic heterocycles. The van der Waals surface area contributed by atoms with Crippen molar-refractivity contribution in [1.82, 2.24) is 4.98 Å². The zero-order valence-corrected chi connectivity index (χ0v) is 19.3. The minimum atomic E-state index is -0.190. The largest absolute Gasteiger partial charge is 0.487 e. The highest BCUT2D eigenvalue weighted by Crippen LogP contribution is 2.39. The molecule has 0 saturated heterocycles. The molecule has 4 rings (SSSR count). The highest BCUT2D eigenvalue weighted by molar-refractivity contribution is 5.79. The van der Waals surface area contributed by atoms with Crippen molar-refractivity contribution in [3.63, 3.8) is 0 Å². The molecule has 0 bridgehead atoms. The molecule has 0 spiro atoms. The number of benzene rings is 2. The number of carbonyl (C=O) groups excluding carboxylic acids is 1. The van der Waals surface area contributed by atoms with E-state index in [0.29, 0.717) is 18.4 Å². The predicted octanol–water partition coefficient (Wildman–Crippen LogP) is 6.46. The van der Waals surface area contributed by atoms with E-state index in [0.717, 1.165) is 52.7 Å². The average Bonchev–Trinajstić information content (AvgIpc) is 3.32. The van der Waals surface area contributed by atoms with Crippen LogP contribution in [0, 0.1) is 11.8 Å². The quantitative estimate of drug-likeness (QED) is 0.384. The van der Waals surface area contributed by atoms with Gasteiger partial charge in [0, 0.05) is 5.39 Å². The summed E-state index contributed by atoms with van der Waals surface area (Å²) in [5.74, 6) is 1.40. The van der Waals surface area contributed by atoms with E-state index in [1.807, 2.05) is 36.4 Å². The van der Waals surface area contributed by atoms with Gasteiger partial charge in [0.25, 0.3) is 0 Å². The normalized spacial score (nSPS) is 15.2. The molecule has 168 valence electrons. The van der Waals surface area contributed by atoms with E-state index in [1.54, 1.807) is 0 Å². The lowest BCUT2D eigenvalue weighted by Crippen LogP contribution is -2.21. The van der Waals surface area contributed by atoms with Crippen LogP contribution in [0.15, 0.2) is 54.6 Å². The second-order valence-corrected chi connectivity index (χ2v) is 9.29. The highest BCUT2D eigenvalue weighted by Gasteiger charge is 2.33. The zero-order chi connectivity index (χ0) is 22.5. The lowest BCUT2D eigenvalue weighted by atomic mass is 9.83. The van der Waals surface area contributed by atoms with Gasteiger partial charge in [0.05, 0.1) is 24.2 Å². The van der Waals surface area contributed by atoms with E-state index in [4.69, 9.17) is 14.5 Å². The van der Waals surface area contributed by atoms with Crippen LogP contribution in [0.25, 0.3) is 10.9 Å². The monoisotopic (exact) mass is 431 g/mol. The number of rotatable bonds is 8. The molecule has 4 nitrogen and oxygen atoms in total. The molecular weight excluding hydrogens is 398 g/mol. The van der Waals surface area contributed by atoms with Gasteiger partial charge in [-0.1, -0.05) is 63.1 Å². The zero-order valence-electron chi connectivity index (χ0n) is 19.3. The molecule has 1 aliphatic rings. The number of pyridine rings is 1. The van der Waals surface area contributed by atoms with Gasteiger partial charge in [-0.05, 0) is 60.4 Å². The standard InChI is InChI=1S/C28H33NO3/c1-19(2)16-23-17-22(27(28(30)31-3)21-9-4-5-10-21)13-15-26(23)32-18-24-14-12-20-8-6-7-11-25(20)29-24/h6-8,11-15,17,19,21,27H,4-5,9-10,16,18H2,1-3H3. The molecular formula is C28H33NO3. The van der Waals surface area contributed by atoms with Gasteiger partial charge >= 0.3 is 5.97 Å². The highest BCUT2D eigenvalue weighted by atomic mass is 16.5. The second kappa shape index (κ2) is 10.2. The molecule has 2 aromatic carbocycles. The van der Waals surface area contributed by atoms with Gasteiger partial charge in [-0.25, -0.2) is 4.98 Å². The summed E-state index contributed by atoms with van der Waals surface area (Å²) in [6.45, 7) is 4.82. The third kappa shape index (κ3) is 5.12. The number of methoxy groups -OCH3 is 1. The van der Waals surface area contributed by atoms with Crippen molar-refractivity contribution < 1.29 is 14.3 Å². The molecule has 0 amide bonds. The first-order chi connectivity index (χ1) is 15.5. The van der Waals surface area contributed by atoms with Gasteiger partial charge in [0.1, 0.15) is 12.4 Å². The summed E-state index contributed by atoms with van der Waals surface area (Å²) in [5, 5.41) is 1.13. The van der Waals surface area contributed by atoms with Gasteiger partial charge in [0.2, 0.25) is 0 Å². The van der Waals surface area contributed by atoms with Crippen LogP contribution in [-0.4, -0.2) is 18.1 Å². The first kappa shape index (κ1) is 22.3. The molecule has 1 aliphatic carbocycles. The molecule has 1 heterocycles. The molecule has 32 heavy (non-hydrogen) atoms. The maximum Gasteiger partial charge on any atom is 0.313 e. The Kier molecular flexibility index (Phi) is 7.09. The van der Waals surface area contributed by atoms with E-state index in [1.165, 1.54) is 20.0 Å². The summed E-state index contributed by atoms with van der Waals surface area (Å²) in [7, 11) is 1.49. The van der Waals surface area contributed by atoms with Gasteiger partial charge in [-0.3, -0.25) is 4.79 Å². The first-order valence-corrected chi connectivity index (χ1v) is 11.7. The van der Waals surface area contributed by atoms with Gasteiger partial charge < -0.3 is 9.47 Å². The molecule has 1 saturated carbocycles. The third-order valence-corrected chi connectivity index (χ3v) is 6.43. The van der Waals surface area contributed by atoms with Crippen molar-refractivity contribution in [3.8, 4) is 5.75 Å². The van der Waals surface area contributed by atoms with Crippen LogP contribution in [0.4, 0.5) is 0 Å². The Morgan fingerprint density at radius 1 is 1.06 bits per heavy atom. The predicted molar refractivity (Wildman–Crippen MR) is 128 cm³/mol. The van der Waals surface area contributed by atoms with Crippen LogP contribution >= 0.6 is 0 Å². The van der Waals surface area contributed by atoms with Gasteiger partial charge in [-0.15, -0.1) is 0 Å². The third-order valence-electron chi connectivity index (χ3n) is 6.43. The van der Waals surface area contributed by atoms with E-state index < -0.39 is 0 Å². The average molecular weight is 432 g/mol. The maximum absolute atomic E-state index is 12.7. The van der Waals surface area contributed by atoms with Crippen LogP contribution in [0.2, 0.25) is 0 Å². The van der Waals surface area contributed by atoms with E-state index >= 15 is 0 Å². The van der Waals surface area contributed by atoms with E-state index in [9.17, 15) is 4.79 Å². The summed E-state index contributed by atoms with van der Waals surface area (Å²) >= 11 is 0. The number of ether oxygens (including phenoxy) is 2. The molecule has 0 radical (unpaired) electrons. The number of hydrogen-bond donors (Lipinski definition) is 0. The minimum Gasteiger partial charge on any atom is -0.487 e. The summed E-state index contributed by atoms with van der Waals surface area (Å²) < 4.78 is 11.4. The van der Waals surface area contributed by atoms with Crippen molar-refractivity contribution in [1.29, 1.82) is 0 Å². The van der Waals surface area contributed by atoms with Crippen LogP contribution in [0.1, 0.15) is 62.3 Å². The molecule has 1 fully saturated rings. The number of hydrogen-bond acceptors (Lipinski definition) is 4. The Hall–Kier alpha value is -2.88. The molecule has 1 atom stereocenters. The van der Waals surface area contributed by atoms with Crippen LogP contribution in [0.3, 0.4) is 0 Å². The SMILES string of the molecule is COC(=O)C(c1ccc(OCc2ccc3ccccc3n2)c(CC(C)C)c1)C1CCCC1. The lowest BCUT2D eigenvalue weighted by molar-refractivity contribution is -0.143. The van der Waals surface area contributed by atoms with Gasteiger partial charge in [0.15, 0.2) is 0 Å². The van der Waals surface area contributed by atoms with E-state index in [2.05, 4.69) is 32.0 Å². The van der Waals surface area contributed by atoms with Crippen molar-refractivity contribution >= 4 is 16.9 Å². The second-order valence-electron chi connectivity index (χ2n) is 9.29. The Morgan fingerprint density at radius 3 is 2.59 bits per heavy atom. The number of esters is 1. The summed E-state index contributed by atoms with van der Waals surface area (Å²) in [5.41, 5.74) is 4.08. The van der Waals surface area contributed by atoms with Gasteiger partial charge in [-0.2, -0.15) is 0 Å². The smallest absolute Gasteiger partial charge is 0.313 e. The van der Waals surface area contributed by atoms with Crippen molar-refractivity contribution in [2.24, 2.45) is 11.8 Å². The first-order valence-electron chi connectivity index (χ1n) is 11.7. The number of nitrogens with zero attached hydrogens (tertiary/aromatic N) is 1. The van der Waals surface area contributed by atoms with Crippen LogP contribution < -0.4 is 4.74 Å². The number of aromatic nitrogens is 1. The van der Waals surface area contributed by atoms with Crippen molar-refractivity contribution in [2.75, 3.05) is 7.11 Å². The molecule has 4 heteroatoms. The number of fused-ring (bicyclic) bond motifs is 1. The lowest BCUT2D eigenvalue weighted by Gasteiger charge is -2.23. The Morgan fingerprint density at radius 2 is 1.84 bits per heavy atom. The molecule has 3 aromatic rings. The molecule has 0 N–H and O–H groups in total. The summed E-state index contributed by atoms with van der Waals surface area (Å²) in [6.07, 6.45) is 5.46. The summed E-state index contributed by atoms with van der Waals surface area (Å²) in [4.78, 5) is 17.4. The fraction of sp³-hybridized carbons (Fsp3) is 0.429. The maximum atomic E-state index is 12.7. The summed E-state index contributed by atoms with van der Waals surface area (Å²) in [6, 6.07) is 18.5. The number of para-hydroxylation sites is 1. The van der Waals surface area contributed by atoms with Crippen molar-refractivity contribution in [2.45, 2.75) is 58.5 Å². The number of carbonyl (C=O) groups is 1. The minimum absolute atomic E-state index is 0.124. The topological polar surface area (TPSA) is 48.4 Å². The Bertz CT molecular complexity index is 1070. The molecule has 1 unspecified atom stereocenters. The van der Waals surface area contributed by atoms with Crippen LogP contribution in [0.5, 0.6) is 5.75 Å². The Balaban J connectivity index is 1.58. The Labute approximate surface area is 191 Å².